The van der Waals surface area contributed by atoms with E-state index in [9.17, 15) is 4.79 Å². The molecule has 1 aromatic carbocycles. The number of nitrogens with one attached hydrogen (secondary N) is 1. The molecule has 0 aliphatic rings. The third-order valence-corrected chi connectivity index (χ3v) is 6.60. The van der Waals surface area contributed by atoms with Crippen LogP contribution in [0, 0.1) is 5.41 Å². The van der Waals surface area contributed by atoms with Crippen molar-refractivity contribution in [1.82, 2.24) is 19.4 Å². The van der Waals surface area contributed by atoms with Crippen LogP contribution in [0.1, 0.15) is 52.6 Å². The lowest BCUT2D eigenvalue weighted by atomic mass is 9.94. The van der Waals surface area contributed by atoms with E-state index in [1.165, 1.54) is 5.56 Å². The molecule has 0 spiro atoms. The van der Waals surface area contributed by atoms with Gasteiger partial charge in [-0.1, -0.05) is 24.3 Å². The largest absolute Gasteiger partial charge is 0.463 e. The highest BCUT2D eigenvalue weighted by Gasteiger charge is 2.30. The molecule has 0 aliphatic heterocycles. The minimum atomic E-state index is -0.639. The van der Waals surface area contributed by atoms with Crippen LogP contribution in [-0.2, 0) is 9.53 Å². The average Bonchev–Trinajstić information content (AvgIpc) is 3.38. The van der Waals surface area contributed by atoms with Gasteiger partial charge >= 0.3 is 5.97 Å². The van der Waals surface area contributed by atoms with Crippen molar-refractivity contribution in [2.75, 3.05) is 26.0 Å². The van der Waals surface area contributed by atoms with Crippen molar-refractivity contribution in [2.24, 2.45) is 5.41 Å². The van der Waals surface area contributed by atoms with E-state index in [0.29, 0.717) is 12.6 Å². The van der Waals surface area contributed by atoms with Gasteiger partial charge < -0.3 is 19.5 Å². The molecule has 0 saturated carbocycles. The number of thiazole rings is 1. The molecule has 2 aromatic heterocycles. The Morgan fingerprint density at radius 3 is 2.66 bits per heavy atom. The minimum Gasteiger partial charge on any atom is -0.463 e. The fraction of sp³-hybridized carbons (Fsp3) is 0.542. The molecule has 8 heteroatoms. The third-order valence-electron chi connectivity index (χ3n) is 5.62. The maximum Gasteiger partial charge on any atom is 0.313 e. The first-order valence-electron chi connectivity index (χ1n) is 11.1. The second-order valence-corrected chi connectivity index (χ2v) is 10.4. The number of carbonyl (C=O) groups is 1. The Labute approximate surface area is 194 Å². The second kappa shape index (κ2) is 10.0. The van der Waals surface area contributed by atoms with Gasteiger partial charge in [-0.2, -0.15) is 0 Å². The summed E-state index contributed by atoms with van der Waals surface area (Å²) < 4.78 is 8.68. The summed E-state index contributed by atoms with van der Waals surface area (Å²) in [4.78, 5) is 23.6. The van der Waals surface area contributed by atoms with Gasteiger partial charge in [0.15, 0.2) is 5.13 Å². The van der Waals surface area contributed by atoms with E-state index >= 15 is 0 Å². The summed E-state index contributed by atoms with van der Waals surface area (Å²) in [6.45, 7) is 10.2. The molecular formula is C24H35N5O2S. The molecule has 3 aromatic rings. The maximum atomic E-state index is 12.4. The van der Waals surface area contributed by atoms with Crippen molar-refractivity contribution < 1.29 is 9.53 Å². The Balaban J connectivity index is 1.84. The van der Waals surface area contributed by atoms with Crippen LogP contribution in [0.4, 0.5) is 5.13 Å². The SMILES string of the molecule is CCC(C(c1ccc2nc(NCC(C)(C)C(=O)OC(C)C)sc2c1)n1ccnc1)N(C)C. The van der Waals surface area contributed by atoms with Gasteiger partial charge in [0.2, 0.25) is 0 Å². The summed E-state index contributed by atoms with van der Waals surface area (Å²) in [5, 5.41) is 4.15. The first kappa shape index (κ1) is 24.2. The predicted octanol–water partition coefficient (Wildman–Crippen LogP) is 4.81. The molecule has 0 fully saturated rings. The summed E-state index contributed by atoms with van der Waals surface area (Å²) in [7, 11) is 4.24. The van der Waals surface area contributed by atoms with Crippen molar-refractivity contribution >= 4 is 32.7 Å². The van der Waals surface area contributed by atoms with Crippen molar-refractivity contribution in [3.63, 3.8) is 0 Å². The molecule has 0 amide bonds. The number of benzene rings is 1. The van der Waals surface area contributed by atoms with Crippen LogP contribution in [-0.4, -0.2) is 58.2 Å². The Morgan fingerprint density at radius 2 is 2.06 bits per heavy atom. The maximum absolute atomic E-state index is 12.4. The second-order valence-electron chi connectivity index (χ2n) is 9.33. The number of rotatable bonds is 10. The number of carbonyl (C=O) groups excluding carboxylic acids is 1. The number of ether oxygens (including phenoxy) is 1. The number of hydrogen-bond donors (Lipinski definition) is 1. The molecule has 1 N–H and O–H groups in total. The topological polar surface area (TPSA) is 72.3 Å². The van der Waals surface area contributed by atoms with Crippen molar-refractivity contribution in [3.05, 3.63) is 42.5 Å². The highest BCUT2D eigenvalue weighted by atomic mass is 32.1. The summed E-state index contributed by atoms with van der Waals surface area (Å²) >= 11 is 1.61. The smallest absolute Gasteiger partial charge is 0.313 e. The Morgan fingerprint density at radius 1 is 1.31 bits per heavy atom. The van der Waals surface area contributed by atoms with Gasteiger partial charge in [-0.05, 0) is 65.9 Å². The molecule has 32 heavy (non-hydrogen) atoms. The Bertz CT molecular complexity index is 1030. The number of aromatic nitrogens is 3. The highest BCUT2D eigenvalue weighted by Crippen LogP contribution is 2.33. The lowest BCUT2D eigenvalue weighted by Gasteiger charge is -2.33. The summed E-state index contributed by atoms with van der Waals surface area (Å²) in [5.41, 5.74) is 1.54. The molecule has 0 saturated heterocycles. The van der Waals surface area contributed by atoms with Crippen LogP contribution in [0.3, 0.4) is 0 Å². The van der Waals surface area contributed by atoms with E-state index < -0.39 is 5.41 Å². The molecule has 174 valence electrons. The molecule has 0 radical (unpaired) electrons. The predicted molar refractivity (Wildman–Crippen MR) is 131 cm³/mol. The lowest BCUT2D eigenvalue weighted by molar-refractivity contribution is -0.157. The van der Waals surface area contributed by atoms with Crippen LogP contribution in [0.5, 0.6) is 0 Å². The van der Waals surface area contributed by atoms with Crippen LogP contribution >= 0.6 is 11.3 Å². The Hall–Kier alpha value is -2.45. The zero-order valence-electron chi connectivity index (χ0n) is 20.1. The van der Waals surface area contributed by atoms with Gasteiger partial charge in [-0.15, -0.1) is 0 Å². The summed E-state index contributed by atoms with van der Waals surface area (Å²) in [6, 6.07) is 6.96. The van der Waals surface area contributed by atoms with Crippen LogP contribution < -0.4 is 5.32 Å². The zero-order chi connectivity index (χ0) is 23.5. The molecule has 0 bridgehead atoms. The molecule has 2 atom stereocenters. The van der Waals surface area contributed by atoms with E-state index in [4.69, 9.17) is 9.72 Å². The number of fused-ring (bicyclic) bond motifs is 1. The molecular weight excluding hydrogens is 422 g/mol. The van der Waals surface area contributed by atoms with E-state index in [0.717, 1.165) is 21.8 Å². The molecule has 2 heterocycles. The van der Waals surface area contributed by atoms with Crippen LogP contribution in [0.2, 0.25) is 0 Å². The van der Waals surface area contributed by atoms with Crippen LogP contribution in [0.15, 0.2) is 36.9 Å². The average molecular weight is 458 g/mol. The fourth-order valence-corrected chi connectivity index (χ4v) is 4.75. The number of hydrogen-bond acceptors (Lipinski definition) is 7. The number of imidazole rings is 1. The number of anilines is 1. The quantitative estimate of drug-likeness (QED) is 0.441. The standard InChI is InChI=1S/C24H35N5O2S/c1-8-19(28(6)7)21(29-12-11-25-15-29)17-9-10-18-20(13-17)32-23(27-18)26-14-24(4,5)22(30)31-16(2)3/h9-13,15-16,19,21H,8,14H2,1-7H3,(H,26,27). The van der Waals surface area contributed by atoms with Gasteiger partial charge in [0.1, 0.15) is 0 Å². The van der Waals surface area contributed by atoms with E-state index in [1.807, 2.05) is 46.4 Å². The van der Waals surface area contributed by atoms with E-state index in [2.05, 4.69) is 59.0 Å². The van der Waals surface area contributed by atoms with Gasteiger partial charge in [0, 0.05) is 25.0 Å². The highest BCUT2D eigenvalue weighted by molar-refractivity contribution is 7.22. The molecule has 3 rings (SSSR count). The summed E-state index contributed by atoms with van der Waals surface area (Å²) in [5.74, 6) is -0.208. The molecule has 7 nitrogen and oxygen atoms in total. The number of likely N-dealkylation sites (N-methyl/N-ethyl adjacent to an activating group) is 1. The van der Waals surface area contributed by atoms with Gasteiger partial charge in [0.25, 0.3) is 0 Å². The van der Waals surface area contributed by atoms with Crippen LogP contribution in [0.25, 0.3) is 10.2 Å². The molecule has 0 aliphatic carbocycles. The third kappa shape index (κ3) is 5.48. The van der Waals surface area contributed by atoms with Crippen molar-refractivity contribution in [1.29, 1.82) is 0 Å². The number of nitrogens with zero attached hydrogens (tertiary/aromatic N) is 4. The monoisotopic (exact) mass is 457 g/mol. The first-order chi connectivity index (χ1) is 15.1. The van der Waals surface area contributed by atoms with Crippen molar-refractivity contribution in [3.8, 4) is 0 Å². The lowest BCUT2D eigenvalue weighted by Crippen LogP contribution is -2.36. The normalized spacial score (nSPS) is 14.2. The minimum absolute atomic E-state index is 0.125. The van der Waals surface area contributed by atoms with Gasteiger partial charge in [-0.25, -0.2) is 9.97 Å². The molecule has 2 unspecified atom stereocenters. The Kier molecular flexibility index (Phi) is 7.56. The van der Waals surface area contributed by atoms with Crippen molar-refractivity contribution in [2.45, 2.75) is 59.2 Å². The fourth-order valence-electron chi connectivity index (χ4n) is 3.84. The van der Waals surface area contributed by atoms with Gasteiger partial charge in [0.05, 0.1) is 34.1 Å². The van der Waals surface area contributed by atoms with E-state index in [1.54, 1.807) is 11.3 Å². The first-order valence-corrected chi connectivity index (χ1v) is 11.9. The van der Waals surface area contributed by atoms with E-state index in [-0.39, 0.29) is 18.1 Å². The zero-order valence-corrected chi connectivity index (χ0v) is 20.9. The summed E-state index contributed by atoms with van der Waals surface area (Å²) in [6.07, 6.45) is 6.64. The van der Waals surface area contributed by atoms with Gasteiger partial charge in [-0.3, -0.25) is 4.79 Å². The number of esters is 1.